The summed E-state index contributed by atoms with van der Waals surface area (Å²) < 4.78 is 0. The molecule has 1 atom stereocenters. The van der Waals surface area contributed by atoms with Gasteiger partial charge in [0.25, 0.3) is 0 Å². The Hall–Kier alpha value is -1.00. The monoisotopic (exact) mass is 238 g/mol. The van der Waals surface area contributed by atoms with Gasteiger partial charge in [0, 0.05) is 11.9 Å². The van der Waals surface area contributed by atoms with Crippen molar-refractivity contribution in [3.8, 4) is 0 Å². The minimum Gasteiger partial charge on any atom is -0.358 e. The first-order valence-corrected chi connectivity index (χ1v) is 6.34. The van der Waals surface area contributed by atoms with Gasteiger partial charge in [0.2, 0.25) is 5.91 Å². The average molecular weight is 238 g/mol. The standard InChI is InChI=1S/C12H18N2OS/c1-3-16-10-6-4-9(5-7-10)8-11(13)12(15)14-2/h4-7,11H,3,8,13H2,1-2H3,(H,14,15). The highest BCUT2D eigenvalue weighted by Gasteiger charge is 2.11. The number of nitrogens with one attached hydrogen (secondary N) is 1. The van der Waals surface area contributed by atoms with E-state index in [9.17, 15) is 4.79 Å². The zero-order chi connectivity index (χ0) is 12.0. The Labute approximate surface area is 101 Å². The van der Waals surface area contributed by atoms with E-state index in [0.717, 1.165) is 11.3 Å². The van der Waals surface area contributed by atoms with Crippen LogP contribution in [0.3, 0.4) is 0 Å². The minimum absolute atomic E-state index is 0.119. The molecule has 0 saturated carbocycles. The molecule has 0 heterocycles. The molecule has 1 unspecified atom stereocenters. The van der Waals surface area contributed by atoms with Crippen LogP contribution in [0.5, 0.6) is 0 Å². The summed E-state index contributed by atoms with van der Waals surface area (Å²) in [7, 11) is 1.60. The van der Waals surface area contributed by atoms with Crippen LogP contribution in [0.15, 0.2) is 29.2 Å². The van der Waals surface area contributed by atoms with E-state index in [1.165, 1.54) is 4.90 Å². The number of carbonyl (C=O) groups is 1. The maximum atomic E-state index is 11.2. The van der Waals surface area contributed by atoms with Gasteiger partial charge in [-0.25, -0.2) is 0 Å². The summed E-state index contributed by atoms with van der Waals surface area (Å²) in [5.41, 5.74) is 6.83. The number of amides is 1. The maximum absolute atomic E-state index is 11.2. The van der Waals surface area contributed by atoms with Crippen molar-refractivity contribution in [3.63, 3.8) is 0 Å². The second-order valence-corrected chi connectivity index (χ2v) is 4.84. The van der Waals surface area contributed by atoms with E-state index in [1.54, 1.807) is 18.8 Å². The lowest BCUT2D eigenvalue weighted by atomic mass is 10.1. The molecular formula is C12H18N2OS. The second kappa shape index (κ2) is 6.55. The molecule has 1 aromatic carbocycles. The Morgan fingerprint density at radius 1 is 1.44 bits per heavy atom. The van der Waals surface area contributed by atoms with Gasteiger partial charge in [0.1, 0.15) is 0 Å². The van der Waals surface area contributed by atoms with E-state index in [4.69, 9.17) is 5.73 Å². The summed E-state index contributed by atoms with van der Waals surface area (Å²) in [6, 6.07) is 7.73. The minimum atomic E-state index is -0.463. The number of hydrogen-bond acceptors (Lipinski definition) is 3. The Morgan fingerprint density at radius 3 is 2.56 bits per heavy atom. The van der Waals surface area contributed by atoms with Crippen LogP contribution in [0, 0.1) is 0 Å². The second-order valence-electron chi connectivity index (χ2n) is 3.50. The molecule has 3 N–H and O–H groups in total. The van der Waals surface area contributed by atoms with Gasteiger partial charge in [-0.2, -0.15) is 0 Å². The lowest BCUT2D eigenvalue weighted by Crippen LogP contribution is -2.40. The van der Waals surface area contributed by atoms with Crippen LogP contribution in [0.1, 0.15) is 12.5 Å². The molecule has 1 amide bonds. The van der Waals surface area contributed by atoms with E-state index >= 15 is 0 Å². The van der Waals surface area contributed by atoms with Crippen LogP contribution in [0.2, 0.25) is 0 Å². The number of nitrogens with two attached hydrogens (primary N) is 1. The van der Waals surface area contributed by atoms with E-state index in [-0.39, 0.29) is 5.91 Å². The third-order valence-corrected chi connectivity index (χ3v) is 3.17. The lowest BCUT2D eigenvalue weighted by Gasteiger charge is -2.10. The van der Waals surface area contributed by atoms with Crippen molar-refractivity contribution in [1.29, 1.82) is 0 Å². The van der Waals surface area contributed by atoms with Crippen molar-refractivity contribution in [1.82, 2.24) is 5.32 Å². The Morgan fingerprint density at radius 2 is 2.06 bits per heavy atom. The zero-order valence-corrected chi connectivity index (χ0v) is 10.5. The molecular weight excluding hydrogens is 220 g/mol. The summed E-state index contributed by atoms with van der Waals surface area (Å²) in [5.74, 6) is 0.948. The SMILES string of the molecule is CCSc1ccc(CC(N)C(=O)NC)cc1. The largest absolute Gasteiger partial charge is 0.358 e. The number of likely N-dealkylation sites (N-methyl/N-ethyl adjacent to an activating group) is 1. The van der Waals surface area contributed by atoms with Crippen molar-refractivity contribution < 1.29 is 4.79 Å². The van der Waals surface area contributed by atoms with Crippen LogP contribution in [-0.4, -0.2) is 24.7 Å². The number of carbonyl (C=O) groups excluding carboxylic acids is 1. The van der Waals surface area contributed by atoms with Crippen LogP contribution in [0.25, 0.3) is 0 Å². The van der Waals surface area contributed by atoms with Gasteiger partial charge < -0.3 is 11.1 Å². The highest BCUT2D eigenvalue weighted by atomic mass is 32.2. The average Bonchev–Trinajstić information content (AvgIpc) is 2.31. The molecule has 0 aromatic heterocycles. The molecule has 0 aliphatic carbocycles. The molecule has 0 radical (unpaired) electrons. The summed E-state index contributed by atoms with van der Waals surface area (Å²) in [6.07, 6.45) is 0.580. The summed E-state index contributed by atoms with van der Waals surface area (Å²) in [4.78, 5) is 12.5. The van der Waals surface area contributed by atoms with Crippen molar-refractivity contribution in [2.45, 2.75) is 24.3 Å². The lowest BCUT2D eigenvalue weighted by molar-refractivity contribution is -0.121. The highest BCUT2D eigenvalue weighted by molar-refractivity contribution is 7.99. The third-order valence-electron chi connectivity index (χ3n) is 2.27. The Kier molecular flexibility index (Phi) is 5.35. The van der Waals surface area contributed by atoms with Crippen molar-refractivity contribution in [2.75, 3.05) is 12.8 Å². The molecule has 0 aliphatic heterocycles. The van der Waals surface area contributed by atoms with Crippen LogP contribution in [0.4, 0.5) is 0 Å². The van der Waals surface area contributed by atoms with E-state index < -0.39 is 6.04 Å². The predicted octanol–water partition coefficient (Wildman–Crippen LogP) is 1.41. The smallest absolute Gasteiger partial charge is 0.237 e. The number of thioether (sulfide) groups is 1. The third kappa shape index (κ3) is 3.87. The molecule has 0 aliphatic rings. The van der Waals surface area contributed by atoms with Crippen LogP contribution >= 0.6 is 11.8 Å². The first-order chi connectivity index (χ1) is 7.67. The van der Waals surface area contributed by atoms with Crippen LogP contribution in [-0.2, 0) is 11.2 Å². The van der Waals surface area contributed by atoms with E-state index in [1.807, 2.05) is 12.1 Å². The normalized spacial score (nSPS) is 12.2. The van der Waals surface area contributed by atoms with Crippen molar-refractivity contribution >= 4 is 17.7 Å². The first kappa shape index (κ1) is 13.1. The van der Waals surface area contributed by atoms with Gasteiger partial charge in [0.15, 0.2) is 0 Å². The fraction of sp³-hybridized carbons (Fsp3) is 0.417. The van der Waals surface area contributed by atoms with Crippen LogP contribution < -0.4 is 11.1 Å². The molecule has 1 rings (SSSR count). The summed E-state index contributed by atoms with van der Waals surface area (Å²) in [5, 5.41) is 2.55. The Bertz CT molecular complexity index is 337. The summed E-state index contributed by atoms with van der Waals surface area (Å²) >= 11 is 1.80. The molecule has 88 valence electrons. The molecule has 1 aromatic rings. The quantitative estimate of drug-likeness (QED) is 0.763. The highest BCUT2D eigenvalue weighted by Crippen LogP contribution is 2.18. The predicted molar refractivity (Wildman–Crippen MR) is 68.6 cm³/mol. The molecule has 3 nitrogen and oxygen atoms in total. The number of rotatable bonds is 5. The van der Waals surface area contributed by atoms with Gasteiger partial charge in [-0.05, 0) is 29.9 Å². The molecule has 16 heavy (non-hydrogen) atoms. The van der Waals surface area contributed by atoms with Gasteiger partial charge in [-0.3, -0.25) is 4.79 Å². The topological polar surface area (TPSA) is 55.1 Å². The molecule has 4 heteroatoms. The molecule has 0 spiro atoms. The number of benzene rings is 1. The fourth-order valence-corrected chi connectivity index (χ4v) is 2.08. The van der Waals surface area contributed by atoms with Crippen molar-refractivity contribution in [3.05, 3.63) is 29.8 Å². The Balaban J connectivity index is 2.58. The van der Waals surface area contributed by atoms with Gasteiger partial charge in [-0.1, -0.05) is 19.1 Å². The van der Waals surface area contributed by atoms with Gasteiger partial charge in [-0.15, -0.1) is 11.8 Å². The maximum Gasteiger partial charge on any atom is 0.237 e. The van der Waals surface area contributed by atoms with Crippen molar-refractivity contribution in [2.24, 2.45) is 5.73 Å². The number of hydrogen-bond donors (Lipinski definition) is 2. The van der Waals surface area contributed by atoms with E-state index in [2.05, 4.69) is 24.4 Å². The van der Waals surface area contributed by atoms with Gasteiger partial charge in [0.05, 0.1) is 6.04 Å². The first-order valence-electron chi connectivity index (χ1n) is 5.36. The zero-order valence-electron chi connectivity index (χ0n) is 9.69. The molecule has 0 bridgehead atoms. The summed E-state index contributed by atoms with van der Waals surface area (Å²) in [6.45, 7) is 2.13. The fourth-order valence-electron chi connectivity index (χ4n) is 1.42. The van der Waals surface area contributed by atoms with Gasteiger partial charge >= 0.3 is 0 Å². The molecule has 0 saturated heterocycles. The molecule has 0 fully saturated rings. The van der Waals surface area contributed by atoms with E-state index in [0.29, 0.717) is 6.42 Å².